The lowest BCUT2D eigenvalue weighted by Crippen LogP contribution is -2.64. The van der Waals surface area contributed by atoms with E-state index in [1.807, 2.05) is 6.07 Å². The molecule has 1 aliphatic heterocycles. The van der Waals surface area contributed by atoms with Crippen molar-refractivity contribution in [3.05, 3.63) is 35.4 Å². The molecule has 1 heterocycles. The van der Waals surface area contributed by atoms with E-state index in [9.17, 15) is 36.3 Å². The lowest BCUT2D eigenvalue weighted by atomic mass is 9.89. The first-order valence-electron chi connectivity index (χ1n) is 10.5. The highest BCUT2D eigenvalue weighted by Gasteiger charge is 2.66. The van der Waals surface area contributed by atoms with Crippen LogP contribution in [0.5, 0.6) is 0 Å². The quantitative estimate of drug-likeness (QED) is 0.590. The molecule has 1 aliphatic rings. The number of amides is 2. The number of rotatable bonds is 7. The van der Waals surface area contributed by atoms with Gasteiger partial charge in [-0.25, -0.2) is 0 Å². The fourth-order valence-electron chi connectivity index (χ4n) is 3.67. The number of nitrogens with two attached hydrogens (primary N) is 1. The van der Waals surface area contributed by atoms with Crippen LogP contribution in [0.3, 0.4) is 0 Å². The van der Waals surface area contributed by atoms with Crippen LogP contribution in [-0.4, -0.2) is 52.7 Å². The number of Topliss-reactive ketones (excluding diaryl/α,β-unsaturated/α-hetero) is 1. The zero-order valence-corrected chi connectivity index (χ0v) is 18.7. The van der Waals surface area contributed by atoms with Gasteiger partial charge in [0.1, 0.15) is 6.04 Å². The second-order valence-corrected chi connectivity index (χ2v) is 8.85. The molecule has 3 N–H and O–H groups in total. The van der Waals surface area contributed by atoms with Crippen molar-refractivity contribution in [2.45, 2.75) is 70.9 Å². The van der Waals surface area contributed by atoms with Crippen LogP contribution in [0.1, 0.15) is 38.8 Å². The number of ketones is 1. The average molecular weight is 477 g/mol. The third-order valence-electron chi connectivity index (χ3n) is 5.70. The van der Waals surface area contributed by atoms with Gasteiger partial charge in [0, 0.05) is 6.54 Å². The fourth-order valence-corrected chi connectivity index (χ4v) is 3.67. The maximum Gasteiger partial charge on any atom is 0.461 e. The Balaban J connectivity index is 2.53. The summed E-state index contributed by atoms with van der Waals surface area (Å²) >= 11 is 0. The number of nitrogens with one attached hydrogen (secondary N) is 1. The van der Waals surface area contributed by atoms with Crippen molar-refractivity contribution < 1.29 is 36.3 Å². The molecule has 184 valence electrons. The number of carbonyl (C=O) groups is 3. The second kappa shape index (κ2) is 9.84. The van der Waals surface area contributed by atoms with Gasteiger partial charge in [0.15, 0.2) is 0 Å². The maximum atomic E-state index is 14.1. The molecule has 0 radical (unpaired) electrons. The number of carbonyl (C=O) groups excluding carboxylic acids is 3. The number of fused-ring (bicyclic) bond motifs is 1. The normalized spacial score (nSPS) is 18.6. The second-order valence-electron chi connectivity index (χ2n) is 8.85. The van der Waals surface area contributed by atoms with Crippen LogP contribution in [0.15, 0.2) is 24.3 Å². The summed E-state index contributed by atoms with van der Waals surface area (Å²) in [5.74, 6) is -12.4. The molecule has 0 saturated carbocycles. The van der Waals surface area contributed by atoms with Crippen LogP contribution in [0.4, 0.5) is 22.0 Å². The van der Waals surface area contributed by atoms with Crippen molar-refractivity contribution in [3.8, 4) is 0 Å². The van der Waals surface area contributed by atoms with Gasteiger partial charge in [0.2, 0.25) is 17.6 Å². The number of imide groups is 1. The fraction of sp³-hybridized carbons (Fsp3) is 0.591. The van der Waals surface area contributed by atoms with Gasteiger partial charge in [-0.3, -0.25) is 19.3 Å². The van der Waals surface area contributed by atoms with E-state index in [4.69, 9.17) is 5.73 Å². The topological polar surface area (TPSA) is 92.5 Å². The zero-order valence-electron chi connectivity index (χ0n) is 18.7. The van der Waals surface area contributed by atoms with Crippen molar-refractivity contribution in [1.29, 1.82) is 0 Å². The van der Waals surface area contributed by atoms with Gasteiger partial charge < -0.3 is 11.1 Å². The highest BCUT2D eigenvalue weighted by atomic mass is 19.4. The molecular formula is C22H28F5N3O3. The predicted octanol–water partition coefficient (Wildman–Crippen LogP) is 2.83. The van der Waals surface area contributed by atoms with E-state index in [1.165, 1.54) is 27.7 Å². The smallest absolute Gasteiger partial charge is 0.320 e. The molecule has 2 amide bonds. The maximum absolute atomic E-state index is 14.1. The molecule has 0 spiro atoms. The van der Waals surface area contributed by atoms with E-state index < -0.39 is 59.7 Å². The molecule has 2 rings (SSSR count). The van der Waals surface area contributed by atoms with Crippen LogP contribution in [0, 0.1) is 11.8 Å². The van der Waals surface area contributed by atoms with E-state index in [2.05, 4.69) is 5.32 Å². The number of hydrogen-bond donors (Lipinski definition) is 2. The molecule has 33 heavy (non-hydrogen) atoms. The van der Waals surface area contributed by atoms with Gasteiger partial charge in [0.05, 0.1) is 12.1 Å². The highest BCUT2D eigenvalue weighted by Crippen LogP contribution is 2.39. The van der Waals surface area contributed by atoms with Gasteiger partial charge in [0.25, 0.3) is 0 Å². The molecule has 6 nitrogen and oxygen atoms in total. The van der Waals surface area contributed by atoms with Gasteiger partial charge >= 0.3 is 12.1 Å². The van der Waals surface area contributed by atoms with Crippen molar-refractivity contribution >= 4 is 17.6 Å². The Bertz CT molecular complexity index is 902. The Morgan fingerprint density at radius 3 is 2.03 bits per heavy atom. The minimum absolute atomic E-state index is 0.0599. The van der Waals surface area contributed by atoms with Crippen molar-refractivity contribution in [2.75, 3.05) is 0 Å². The molecule has 0 aromatic heterocycles. The van der Waals surface area contributed by atoms with Gasteiger partial charge in [-0.1, -0.05) is 52.0 Å². The number of benzene rings is 1. The lowest BCUT2D eigenvalue weighted by Gasteiger charge is -2.38. The first kappa shape index (κ1) is 26.8. The summed E-state index contributed by atoms with van der Waals surface area (Å²) in [6.07, 6.45) is -6.12. The van der Waals surface area contributed by atoms with E-state index >= 15 is 0 Å². The SMILES string of the molecule is CC(C)C(C(=O)C(F)(F)C(F)(F)F)N(C(=O)C1Cc2ccccc2CN1)C(=O)[C@H](N)C(C)C. The molecule has 0 aliphatic carbocycles. The van der Waals surface area contributed by atoms with Crippen LogP contribution in [0.25, 0.3) is 0 Å². The lowest BCUT2D eigenvalue weighted by molar-refractivity contribution is -0.271. The summed E-state index contributed by atoms with van der Waals surface area (Å²) in [5, 5.41) is 2.88. The molecule has 0 bridgehead atoms. The molecule has 3 atom stereocenters. The van der Waals surface area contributed by atoms with Gasteiger partial charge in [-0.05, 0) is 29.4 Å². The Labute approximate surface area is 188 Å². The molecule has 0 fully saturated rings. The molecular weight excluding hydrogens is 449 g/mol. The third-order valence-corrected chi connectivity index (χ3v) is 5.70. The molecule has 0 saturated heterocycles. The van der Waals surface area contributed by atoms with E-state index in [-0.39, 0.29) is 17.9 Å². The Kier molecular flexibility index (Phi) is 8.01. The standard InChI is InChI=1S/C22H28F5N3O3/c1-11(2)16(28)20(33)30(17(12(3)4)18(31)21(23,24)22(25,26)27)19(32)15-9-13-7-5-6-8-14(13)10-29-15/h5-8,11-12,15-17,29H,9-10,28H2,1-4H3/t15?,16-,17?/m1/s1. The largest absolute Gasteiger partial charge is 0.461 e. The first-order chi connectivity index (χ1) is 15.1. The highest BCUT2D eigenvalue weighted by molar-refractivity contribution is 6.06. The van der Waals surface area contributed by atoms with Gasteiger partial charge in [-0.2, -0.15) is 22.0 Å². The summed E-state index contributed by atoms with van der Waals surface area (Å²) in [6.45, 7) is 5.64. The van der Waals surface area contributed by atoms with Crippen LogP contribution in [0.2, 0.25) is 0 Å². The average Bonchev–Trinajstić information content (AvgIpc) is 2.73. The summed E-state index contributed by atoms with van der Waals surface area (Å²) in [7, 11) is 0. The summed E-state index contributed by atoms with van der Waals surface area (Å²) in [4.78, 5) is 39.3. The molecule has 11 heteroatoms. The van der Waals surface area contributed by atoms with Gasteiger partial charge in [-0.15, -0.1) is 0 Å². The minimum atomic E-state index is -6.18. The van der Waals surface area contributed by atoms with Crippen LogP contribution >= 0.6 is 0 Å². The van der Waals surface area contributed by atoms with E-state index in [1.54, 1.807) is 18.2 Å². The Morgan fingerprint density at radius 2 is 1.55 bits per heavy atom. The molecule has 1 aromatic carbocycles. The number of alkyl halides is 5. The number of hydrogen-bond acceptors (Lipinski definition) is 5. The van der Waals surface area contributed by atoms with Crippen LogP contribution in [-0.2, 0) is 27.3 Å². The van der Waals surface area contributed by atoms with Crippen molar-refractivity contribution in [3.63, 3.8) is 0 Å². The monoisotopic (exact) mass is 477 g/mol. The summed E-state index contributed by atoms with van der Waals surface area (Å²) in [5.41, 5.74) is 7.48. The van der Waals surface area contributed by atoms with E-state index in [0.29, 0.717) is 0 Å². The Hall–Kier alpha value is -2.40. The molecule has 1 aromatic rings. The number of halogens is 5. The summed E-state index contributed by atoms with van der Waals surface area (Å²) in [6, 6.07) is 2.21. The summed E-state index contributed by atoms with van der Waals surface area (Å²) < 4.78 is 67.1. The minimum Gasteiger partial charge on any atom is -0.320 e. The Morgan fingerprint density at radius 1 is 1.00 bits per heavy atom. The zero-order chi connectivity index (χ0) is 25.3. The number of nitrogens with zero attached hydrogens (tertiary/aromatic N) is 1. The third kappa shape index (κ3) is 5.40. The predicted molar refractivity (Wildman–Crippen MR) is 110 cm³/mol. The molecule has 2 unspecified atom stereocenters. The van der Waals surface area contributed by atoms with Crippen molar-refractivity contribution in [2.24, 2.45) is 17.6 Å². The first-order valence-corrected chi connectivity index (χ1v) is 10.5. The van der Waals surface area contributed by atoms with E-state index in [0.717, 1.165) is 11.1 Å². The van der Waals surface area contributed by atoms with Crippen molar-refractivity contribution in [1.82, 2.24) is 10.2 Å². The van der Waals surface area contributed by atoms with Crippen LogP contribution < -0.4 is 11.1 Å².